The van der Waals surface area contributed by atoms with E-state index in [1.807, 2.05) is 0 Å². The van der Waals surface area contributed by atoms with Crippen molar-refractivity contribution in [3.8, 4) is 34.5 Å². The van der Waals surface area contributed by atoms with Crippen molar-refractivity contribution in [3.05, 3.63) is 35.4 Å². The molecule has 0 unspecified atom stereocenters. The molecule has 0 spiro atoms. The van der Waals surface area contributed by atoms with Gasteiger partial charge in [0.2, 0.25) is 0 Å². The van der Waals surface area contributed by atoms with Crippen LogP contribution in [0.3, 0.4) is 0 Å². The summed E-state index contributed by atoms with van der Waals surface area (Å²) >= 11 is -6.61. The number of ether oxygens (including phenoxy) is 6. The molecule has 0 N–H and O–H groups in total. The van der Waals surface area contributed by atoms with Crippen LogP contribution in [0.5, 0.6) is 34.5 Å². The maximum absolute atomic E-state index is 13.4. The summed E-state index contributed by atoms with van der Waals surface area (Å²) in [6.07, 6.45) is 3.46. The second-order valence-corrected chi connectivity index (χ2v) is 21.4. The topological polar surface area (TPSA) is 117 Å². The summed E-state index contributed by atoms with van der Waals surface area (Å²) in [5, 5.41) is 0. The first kappa shape index (κ1) is 34.9. The average Bonchev–Trinajstić information content (AvgIpc) is 3.00. The van der Waals surface area contributed by atoms with E-state index in [4.69, 9.17) is 36.0 Å². The van der Waals surface area contributed by atoms with Crippen LogP contribution in [0.1, 0.15) is 60.2 Å². The molecule has 2 rings (SSSR count). The molecule has 0 aliphatic heterocycles. The standard InChI is InChI=1S/2C10H12O5.2C4H9.O.2Sn/c2*1-13-7-5-9(15-3)8(14-2)4-6(7)10(11)12;2*1-3-4-2;;;/h2*4-5H,1-3H3,(H,11,12);2*1,3-4H2,2H3;;;/q;;;;;2*+1/p-2. The van der Waals surface area contributed by atoms with Crippen LogP contribution >= 0.6 is 0 Å². The van der Waals surface area contributed by atoms with Crippen molar-refractivity contribution in [1.29, 1.82) is 0 Å². The number of hydrogen-bond donors (Lipinski definition) is 0. The molecule has 0 amide bonds. The number of rotatable bonds is 18. The zero-order valence-electron chi connectivity index (χ0n) is 25.0. The third-order valence-corrected chi connectivity index (χ3v) is 22.7. The molecule has 2 aromatic carbocycles. The number of carbonyl (C=O) groups is 2. The van der Waals surface area contributed by atoms with Crippen LogP contribution in [0.15, 0.2) is 24.3 Å². The molecule has 0 aromatic heterocycles. The van der Waals surface area contributed by atoms with Crippen molar-refractivity contribution in [3.63, 3.8) is 0 Å². The molecule has 0 saturated heterocycles. The average molecular weight is 790 g/mol. The van der Waals surface area contributed by atoms with E-state index in [0.717, 1.165) is 25.7 Å². The first-order valence-corrected chi connectivity index (χ1v) is 21.9. The van der Waals surface area contributed by atoms with E-state index in [9.17, 15) is 9.59 Å². The molecule has 11 nitrogen and oxygen atoms in total. The molecule has 2 aromatic rings. The van der Waals surface area contributed by atoms with Crippen molar-refractivity contribution in [2.45, 2.75) is 48.4 Å². The third-order valence-electron chi connectivity index (χ3n) is 5.96. The second-order valence-electron chi connectivity index (χ2n) is 8.65. The van der Waals surface area contributed by atoms with Crippen LogP contribution in [0.2, 0.25) is 8.87 Å². The normalized spacial score (nSPS) is 10.8. The quantitative estimate of drug-likeness (QED) is 0.182. The molecule has 0 heterocycles. The molecule has 0 bridgehead atoms. The van der Waals surface area contributed by atoms with Gasteiger partial charge in [-0.25, -0.2) is 0 Å². The van der Waals surface area contributed by atoms with Gasteiger partial charge in [-0.15, -0.1) is 0 Å². The Morgan fingerprint density at radius 3 is 1.15 bits per heavy atom. The molecule has 13 heteroatoms. The van der Waals surface area contributed by atoms with Crippen LogP contribution in [-0.2, 0) is 7.56 Å². The zero-order chi connectivity index (χ0) is 30.4. The summed E-state index contributed by atoms with van der Waals surface area (Å²) in [4.78, 5) is 26.7. The number of methoxy groups -OCH3 is 6. The third kappa shape index (κ3) is 9.91. The van der Waals surface area contributed by atoms with Gasteiger partial charge in [0.05, 0.1) is 0 Å². The van der Waals surface area contributed by atoms with Gasteiger partial charge in [0.1, 0.15) is 0 Å². The fourth-order valence-electron chi connectivity index (χ4n) is 3.71. The number of hydrogen-bond acceptors (Lipinski definition) is 11. The van der Waals surface area contributed by atoms with Gasteiger partial charge in [-0.05, 0) is 0 Å². The van der Waals surface area contributed by atoms with E-state index in [1.54, 1.807) is 12.1 Å². The van der Waals surface area contributed by atoms with Gasteiger partial charge in [-0.3, -0.25) is 0 Å². The van der Waals surface area contributed by atoms with E-state index in [1.165, 1.54) is 54.8 Å². The molecule has 0 atom stereocenters. The van der Waals surface area contributed by atoms with Crippen LogP contribution in [-0.4, -0.2) is 95.8 Å². The zero-order valence-corrected chi connectivity index (χ0v) is 30.8. The Labute approximate surface area is 258 Å². The molecule has 0 aliphatic rings. The summed E-state index contributed by atoms with van der Waals surface area (Å²) in [6.45, 7) is 4.11. The number of unbranched alkanes of at least 4 members (excludes halogenated alkanes) is 2. The van der Waals surface area contributed by atoms with Crippen molar-refractivity contribution < 1.29 is 45.6 Å². The SMILES string of the molecule is CCC[CH2][Sn]([O]C(=O)c1cc(OC)c(OC)cc1OC)[O][Sn]([CH2]CCC)[O]C(=O)c1cc(OC)c(OC)cc1OC. The van der Waals surface area contributed by atoms with E-state index < -0.39 is 53.1 Å². The molecular formula is C28H40O11Sn2. The van der Waals surface area contributed by atoms with Crippen LogP contribution in [0.4, 0.5) is 0 Å². The van der Waals surface area contributed by atoms with Gasteiger partial charge >= 0.3 is 260 Å². The summed E-state index contributed by atoms with van der Waals surface area (Å²) in [6, 6.07) is 6.21. The van der Waals surface area contributed by atoms with Gasteiger partial charge in [0.25, 0.3) is 0 Å². The molecule has 0 saturated carbocycles. The van der Waals surface area contributed by atoms with Gasteiger partial charge in [0.15, 0.2) is 0 Å². The van der Waals surface area contributed by atoms with Crippen LogP contribution in [0.25, 0.3) is 0 Å². The minimum atomic E-state index is -3.30. The van der Waals surface area contributed by atoms with Gasteiger partial charge in [0, 0.05) is 0 Å². The Balaban J connectivity index is 2.33. The van der Waals surface area contributed by atoms with Crippen molar-refractivity contribution >= 4 is 53.1 Å². The van der Waals surface area contributed by atoms with Gasteiger partial charge in [-0.1, -0.05) is 0 Å². The number of benzene rings is 2. The van der Waals surface area contributed by atoms with E-state index in [2.05, 4.69) is 13.8 Å². The molecule has 2 radical (unpaired) electrons. The van der Waals surface area contributed by atoms with Crippen molar-refractivity contribution in [2.75, 3.05) is 42.7 Å². The molecule has 0 aliphatic carbocycles. The van der Waals surface area contributed by atoms with Crippen LogP contribution in [0, 0.1) is 0 Å². The molecule has 226 valence electrons. The monoisotopic (exact) mass is 792 g/mol. The summed E-state index contributed by atoms with van der Waals surface area (Å²) in [5.74, 6) is 1.04. The Kier molecular flexibility index (Phi) is 15.6. The summed E-state index contributed by atoms with van der Waals surface area (Å²) in [7, 11) is 8.90. The first-order valence-electron chi connectivity index (χ1n) is 13.2. The molecule has 41 heavy (non-hydrogen) atoms. The fraction of sp³-hybridized carbons (Fsp3) is 0.500. The molecular weight excluding hydrogens is 750 g/mol. The Morgan fingerprint density at radius 2 is 0.854 bits per heavy atom. The predicted molar refractivity (Wildman–Crippen MR) is 155 cm³/mol. The summed E-state index contributed by atoms with van der Waals surface area (Å²) < 4.78 is 52.0. The first-order chi connectivity index (χ1) is 19.8. The van der Waals surface area contributed by atoms with Crippen LogP contribution < -0.4 is 28.4 Å². The number of carbonyl (C=O) groups excluding carboxylic acids is 2. The predicted octanol–water partition coefficient (Wildman–Crippen LogP) is 5.35. The van der Waals surface area contributed by atoms with E-state index in [0.29, 0.717) is 43.4 Å². The summed E-state index contributed by atoms with van der Waals surface area (Å²) in [5.41, 5.74) is 0.406. The Morgan fingerprint density at radius 1 is 0.537 bits per heavy atom. The van der Waals surface area contributed by atoms with Crippen molar-refractivity contribution in [2.24, 2.45) is 0 Å². The van der Waals surface area contributed by atoms with Crippen molar-refractivity contribution in [1.82, 2.24) is 0 Å². The molecule has 0 fully saturated rings. The Hall–Kier alpha value is -2.26. The van der Waals surface area contributed by atoms with Gasteiger partial charge < -0.3 is 0 Å². The van der Waals surface area contributed by atoms with E-state index >= 15 is 0 Å². The fourth-order valence-corrected chi connectivity index (χ4v) is 21.7. The Bertz CT molecular complexity index is 1060. The van der Waals surface area contributed by atoms with E-state index in [-0.39, 0.29) is 11.1 Å². The van der Waals surface area contributed by atoms with Gasteiger partial charge in [-0.2, -0.15) is 0 Å². The second kappa shape index (κ2) is 18.3. The minimum absolute atomic E-state index is 0.203. The maximum atomic E-state index is 13.4.